The Balaban J connectivity index is 1.58. The van der Waals surface area contributed by atoms with Crippen molar-refractivity contribution in [3.63, 3.8) is 0 Å². The minimum atomic E-state index is -0.791. The first-order chi connectivity index (χ1) is 13.5. The Bertz CT molecular complexity index is 780. The number of rotatable bonds is 7. The highest BCUT2D eigenvalue weighted by atomic mass is 16.5. The third kappa shape index (κ3) is 3.85. The highest BCUT2D eigenvalue weighted by molar-refractivity contribution is 6.07. The Kier molecular flexibility index (Phi) is 5.96. The summed E-state index contributed by atoms with van der Waals surface area (Å²) in [5.74, 6) is -1.68. The van der Waals surface area contributed by atoms with Crippen molar-refractivity contribution in [3.05, 3.63) is 23.8 Å². The number of ketones is 1. The Labute approximate surface area is 162 Å². The van der Waals surface area contributed by atoms with Crippen LogP contribution in [-0.4, -0.2) is 55.8 Å². The summed E-state index contributed by atoms with van der Waals surface area (Å²) < 4.78 is 15.2. The predicted octanol–water partition coefficient (Wildman–Crippen LogP) is 1.60. The fraction of sp³-hybridized carbons (Fsp3) is 0.500. The van der Waals surface area contributed by atoms with Crippen molar-refractivity contribution in [2.24, 2.45) is 11.8 Å². The normalized spacial score (nSPS) is 21.3. The molecule has 0 N–H and O–H groups in total. The molecule has 0 bridgehead atoms. The maximum Gasteiger partial charge on any atom is 0.326 e. The lowest BCUT2D eigenvalue weighted by Crippen LogP contribution is -2.37. The zero-order chi connectivity index (χ0) is 20.3. The number of hydrogen-bond donors (Lipinski definition) is 0. The molecule has 1 aliphatic carbocycles. The van der Waals surface area contributed by atoms with E-state index < -0.39 is 24.9 Å². The largest absolute Gasteiger partial charge is 0.497 e. The zero-order valence-electron chi connectivity index (χ0n) is 15.9. The first-order valence-corrected chi connectivity index (χ1v) is 9.22. The number of likely N-dealkylation sites (tertiary alicyclic amines) is 1. The zero-order valence-corrected chi connectivity index (χ0v) is 15.9. The van der Waals surface area contributed by atoms with Gasteiger partial charge in [-0.3, -0.25) is 24.1 Å². The van der Waals surface area contributed by atoms with Crippen molar-refractivity contribution in [3.8, 4) is 11.5 Å². The van der Waals surface area contributed by atoms with Crippen molar-refractivity contribution in [1.29, 1.82) is 0 Å². The molecule has 8 nitrogen and oxygen atoms in total. The Morgan fingerprint density at radius 3 is 2.25 bits per heavy atom. The van der Waals surface area contributed by atoms with Crippen molar-refractivity contribution in [2.75, 3.05) is 27.4 Å². The number of nitrogens with zero attached hydrogens (tertiary/aromatic N) is 1. The number of carbonyl (C=O) groups excluding carboxylic acids is 4. The highest BCUT2D eigenvalue weighted by Gasteiger charge is 2.48. The molecule has 2 fully saturated rings. The number of fused-ring (bicyclic) bond motifs is 1. The monoisotopic (exact) mass is 389 g/mol. The van der Waals surface area contributed by atoms with E-state index in [0.717, 1.165) is 17.7 Å². The van der Waals surface area contributed by atoms with Gasteiger partial charge in [-0.15, -0.1) is 0 Å². The summed E-state index contributed by atoms with van der Waals surface area (Å²) in [5.41, 5.74) is 0.246. The molecule has 0 spiro atoms. The number of carbonyl (C=O) groups is 4. The van der Waals surface area contributed by atoms with Crippen LogP contribution in [0.4, 0.5) is 0 Å². The van der Waals surface area contributed by atoms with Crippen molar-refractivity contribution in [1.82, 2.24) is 4.90 Å². The molecule has 1 aromatic carbocycles. The van der Waals surface area contributed by atoms with Crippen LogP contribution in [0.1, 0.15) is 36.0 Å². The van der Waals surface area contributed by atoms with Gasteiger partial charge >= 0.3 is 5.97 Å². The fourth-order valence-electron chi connectivity index (χ4n) is 3.81. The standard InChI is InChI=1S/C20H23NO7/c1-26-12-7-8-15(17(9-12)27-2)16(22)11-28-18(23)10-21-19(24)13-5-3-4-6-14(13)20(21)25/h7-9,13-14H,3-6,10-11H2,1-2H3/t13-,14-/m1/s1. The van der Waals surface area contributed by atoms with Crippen LogP contribution < -0.4 is 9.47 Å². The lowest BCUT2D eigenvalue weighted by atomic mass is 9.81. The molecule has 28 heavy (non-hydrogen) atoms. The molecule has 150 valence electrons. The maximum absolute atomic E-state index is 12.4. The SMILES string of the molecule is COc1ccc(C(=O)COC(=O)CN2C(=O)[C@@H]3CCCC[C@H]3C2=O)c(OC)c1. The van der Waals surface area contributed by atoms with E-state index in [-0.39, 0.29) is 29.2 Å². The van der Waals surface area contributed by atoms with Crippen molar-refractivity contribution in [2.45, 2.75) is 25.7 Å². The Morgan fingerprint density at radius 1 is 1.04 bits per heavy atom. The van der Waals surface area contributed by atoms with Crippen molar-refractivity contribution >= 4 is 23.6 Å². The third-order valence-corrected chi connectivity index (χ3v) is 5.29. The van der Waals surface area contributed by atoms with Crippen molar-refractivity contribution < 1.29 is 33.4 Å². The lowest BCUT2D eigenvalue weighted by Gasteiger charge is -2.19. The molecule has 2 atom stereocenters. The number of esters is 1. The van der Waals surface area contributed by atoms with E-state index in [0.29, 0.717) is 24.3 Å². The smallest absolute Gasteiger partial charge is 0.326 e. The number of hydrogen-bond acceptors (Lipinski definition) is 7. The first kappa shape index (κ1) is 19.9. The van der Waals surface area contributed by atoms with Gasteiger partial charge in [-0.2, -0.15) is 0 Å². The molecule has 0 unspecified atom stereocenters. The molecule has 3 rings (SSSR count). The van der Waals surface area contributed by atoms with Crippen LogP contribution in [-0.2, 0) is 19.1 Å². The molecule has 2 aliphatic rings. The minimum Gasteiger partial charge on any atom is -0.497 e. The molecular formula is C20H23NO7. The molecule has 0 aromatic heterocycles. The molecular weight excluding hydrogens is 366 g/mol. The molecule has 8 heteroatoms. The number of ether oxygens (including phenoxy) is 3. The average Bonchev–Trinajstić information content (AvgIpc) is 2.96. The van der Waals surface area contributed by atoms with Crippen LogP contribution in [0.5, 0.6) is 11.5 Å². The number of benzene rings is 1. The summed E-state index contributed by atoms with van der Waals surface area (Å²) in [6.07, 6.45) is 3.18. The third-order valence-electron chi connectivity index (χ3n) is 5.29. The first-order valence-electron chi connectivity index (χ1n) is 9.22. The van der Waals surface area contributed by atoms with E-state index in [1.807, 2.05) is 0 Å². The molecule has 1 heterocycles. The van der Waals surface area contributed by atoms with Gasteiger partial charge in [0.05, 0.1) is 31.6 Å². The second-order valence-electron chi connectivity index (χ2n) is 6.91. The second kappa shape index (κ2) is 8.41. The Morgan fingerprint density at radius 2 is 1.68 bits per heavy atom. The second-order valence-corrected chi connectivity index (χ2v) is 6.91. The highest BCUT2D eigenvalue weighted by Crippen LogP contribution is 2.37. The summed E-state index contributed by atoms with van der Waals surface area (Å²) in [6.45, 7) is -0.970. The van der Waals surface area contributed by atoms with Gasteiger partial charge in [-0.1, -0.05) is 12.8 Å². The van der Waals surface area contributed by atoms with Crippen LogP contribution in [0.15, 0.2) is 18.2 Å². The number of methoxy groups -OCH3 is 2. The van der Waals surface area contributed by atoms with Gasteiger partial charge in [-0.25, -0.2) is 0 Å². The van der Waals surface area contributed by atoms with Gasteiger partial charge in [-0.05, 0) is 25.0 Å². The number of amides is 2. The topological polar surface area (TPSA) is 99.2 Å². The van der Waals surface area contributed by atoms with E-state index >= 15 is 0 Å². The minimum absolute atomic E-state index is 0.246. The molecule has 1 aliphatic heterocycles. The van der Waals surface area contributed by atoms with E-state index in [2.05, 4.69) is 0 Å². The van der Waals surface area contributed by atoms with Crippen LogP contribution in [0.2, 0.25) is 0 Å². The predicted molar refractivity (Wildman–Crippen MR) is 97.0 cm³/mol. The maximum atomic E-state index is 12.4. The van der Waals surface area contributed by atoms with Gasteiger partial charge in [0.25, 0.3) is 0 Å². The van der Waals surface area contributed by atoms with E-state index in [4.69, 9.17) is 14.2 Å². The number of Topliss-reactive ketones (excluding diaryl/α,β-unsaturated/α-hetero) is 1. The summed E-state index contributed by atoms with van der Waals surface area (Å²) in [6, 6.07) is 4.67. The van der Waals surface area contributed by atoms with Gasteiger partial charge in [0.15, 0.2) is 6.61 Å². The average molecular weight is 389 g/mol. The Hall–Kier alpha value is -2.90. The summed E-state index contributed by atoms with van der Waals surface area (Å²) in [4.78, 5) is 50.2. The van der Waals surface area contributed by atoms with Crippen LogP contribution in [0.3, 0.4) is 0 Å². The van der Waals surface area contributed by atoms with Crippen LogP contribution in [0.25, 0.3) is 0 Å². The van der Waals surface area contributed by atoms with E-state index in [1.165, 1.54) is 20.3 Å². The van der Waals surface area contributed by atoms with Gasteiger partial charge < -0.3 is 14.2 Å². The van der Waals surface area contributed by atoms with Gasteiger partial charge in [0.1, 0.15) is 18.0 Å². The summed E-state index contributed by atoms with van der Waals surface area (Å²) >= 11 is 0. The molecule has 1 saturated carbocycles. The molecule has 1 saturated heterocycles. The fourth-order valence-corrected chi connectivity index (χ4v) is 3.81. The molecule has 2 amide bonds. The van der Waals surface area contributed by atoms with Crippen LogP contribution in [0, 0.1) is 11.8 Å². The quantitative estimate of drug-likeness (QED) is 0.397. The molecule has 0 radical (unpaired) electrons. The lowest BCUT2D eigenvalue weighted by molar-refractivity contribution is -0.152. The summed E-state index contributed by atoms with van der Waals surface area (Å²) in [7, 11) is 2.91. The van der Waals surface area contributed by atoms with Gasteiger partial charge in [0.2, 0.25) is 17.6 Å². The van der Waals surface area contributed by atoms with E-state index in [9.17, 15) is 19.2 Å². The van der Waals surface area contributed by atoms with Gasteiger partial charge in [0, 0.05) is 6.07 Å². The summed E-state index contributed by atoms with van der Waals surface area (Å²) in [5, 5.41) is 0. The van der Waals surface area contributed by atoms with E-state index in [1.54, 1.807) is 12.1 Å². The van der Waals surface area contributed by atoms with Crippen LogP contribution >= 0.6 is 0 Å². The number of imide groups is 1. The molecule has 1 aromatic rings.